The second-order valence-electron chi connectivity index (χ2n) is 4.76. The molecule has 3 nitrogen and oxygen atoms in total. The first kappa shape index (κ1) is 13.0. The smallest absolute Gasteiger partial charge is 0.0948 e. The van der Waals surface area contributed by atoms with E-state index in [4.69, 9.17) is 0 Å². The molecule has 0 bridgehead atoms. The number of rotatable bonds is 5. The maximum atomic E-state index is 4.20. The molecule has 1 heterocycles. The van der Waals surface area contributed by atoms with Crippen LogP contribution in [0.25, 0.3) is 0 Å². The van der Waals surface area contributed by atoms with Gasteiger partial charge in [0.25, 0.3) is 0 Å². The van der Waals surface area contributed by atoms with Gasteiger partial charge in [0.05, 0.1) is 12.0 Å². The Hall–Kier alpha value is -0.480. The minimum atomic E-state index is 0.707. The number of nitrogens with zero attached hydrogens (tertiary/aromatic N) is 2. The molecule has 2 rings (SSSR count). The first-order valence-electron chi connectivity index (χ1n) is 6.58. The molecule has 1 aromatic rings. The summed E-state index contributed by atoms with van der Waals surface area (Å²) in [7, 11) is 0. The van der Waals surface area contributed by atoms with Gasteiger partial charge in [0.15, 0.2) is 0 Å². The fourth-order valence-corrected chi connectivity index (χ4v) is 3.28. The van der Waals surface area contributed by atoms with Gasteiger partial charge in [0, 0.05) is 30.6 Å². The van der Waals surface area contributed by atoms with Crippen LogP contribution in [0, 0.1) is 0 Å². The summed E-state index contributed by atoms with van der Waals surface area (Å²) in [4.78, 5) is 4.20. The Bertz CT molecular complexity index is 329. The van der Waals surface area contributed by atoms with Crippen LogP contribution in [0.3, 0.4) is 0 Å². The molecule has 1 aromatic heterocycles. The molecule has 0 amide bonds. The molecule has 96 valence electrons. The molecular formula is C13H23N3S. The van der Waals surface area contributed by atoms with Gasteiger partial charge >= 0.3 is 0 Å². The van der Waals surface area contributed by atoms with Crippen LogP contribution in [0.15, 0.2) is 12.5 Å². The van der Waals surface area contributed by atoms with Gasteiger partial charge in [0.1, 0.15) is 0 Å². The van der Waals surface area contributed by atoms with Crippen molar-refractivity contribution in [3.63, 3.8) is 0 Å². The van der Waals surface area contributed by atoms with Gasteiger partial charge in [-0.15, -0.1) is 0 Å². The largest absolute Gasteiger partial charge is 0.334 e. The van der Waals surface area contributed by atoms with E-state index in [2.05, 4.69) is 28.0 Å². The van der Waals surface area contributed by atoms with E-state index in [1.165, 1.54) is 31.4 Å². The average Bonchev–Trinajstić information content (AvgIpc) is 2.84. The summed E-state index contributed by atoms with van der Waals surface area (Å²) in [5.41, 5.74) is 1.31. The third-order valence-electron chi connectivity index (χ3n) is 3.72. The molecule has 1 aliphatic carbocycles. The molecule has 1 fully saturated rings. The minimum Gasteiger partial charge on any atom is -0.334 e. The van der Waals surface area contributed by atoms with E-state index in [0.717, 1.165) is 18.3 Å². The fraction of sp³-hybridized carbons (Fsp3) is 0.769. The molecule has 0 saturated heterocycles. The van der Waals surface area contributed by atoms with Gasteiger partial charge in [0.2, 0.25) is 0 Å². The zero-order chi connectivity index (χ0) is 12.1. The van der Waals surface area contributed by atoms with E-state index in [0.29, 0.717) is 6.04 Å². The van der Waals surface area contributed by atoms with Crippen molar-refractivity contribution in [2.75, 3.05) is 6.26 Å². The van der Waals surface area contributed by atoms with E-state index < -0.39 is 0 Å². The number of imidazole rings is 1. The Labute approximate surface area is 108 Å². The molecule has 0 aromatic carbocycles. The highest BCUT2D eigenvalue weighted by atomic mass is 32.2. The number of thioether (sulfide) groups is 1. The summed E-state index contributed by atoms with van der Waals surface area (Å²) in [6.07, 6.45) is 11.5. The van der Waals surface area contributed by atoms with E-state index >= 15 is 0 Å². The summed E-state index contributed by atoms with van der Waals surface area (Å²) < 4.78 is 2.21. The highest BCUT2D eigenvalue weighted by molar-refractivity contribution is 7.99. The molecule has 0 aliphatic heterocycles. The predicted molar refractivity (Wildman–Crippen MR) is 74.3 cm³/mol. The quantitative estimate of drug-likeness (QED) is 0.875. The van der Waals surface area contributed by atoms with Crippen molar-refractivity contribution in [3.8, 4) is 0 Å². The second-order valence-corrected chi connectivity index (χ2v) is 5.90. The van der Waals surface area contributed by atoms with Gasteiger partial charge < -0.3 is 9.88 Å². The number of aromatic nitrogens is 2. The third kappa shape index (κ3) is 3.49. The van der Waals surface area contributed by atoms with Crippen LogP contribution < -0.4 is 5.32 Å². The summed E-state index contributed by atoms with van der Waals surface area (Å²) in [6.45, 7) is 4.13. The normalized spacial score (nSPS) is 25.1. The van der Waals surface area contributed by atoms with Crippen molar-refractivity contribution < 1.29 is 0 Å². The highest BCUT2D eigenvalue weighted by Crippen LogP contribution is 2.26. The topological polar surface area (TPSA) is 29.9 Å². The molecule has 0 spiro atoms. The van der Waals surface area contributed by atoms with Gasteiger partial charge in [-0.25, -0.2) is 4.98 Å². The monoisotopic (exact) mass is 253 g/mol. The minimum absolute atomic E-state index is 0.707. The maximum absolute atomic E-state index is 4.20. The van der Waals surface area contributed by atoms with Gasteiger partial charge in [-0.1, -0.05) is 0 Å². The molecule has 4 heteroatoms. The van der Waals surface area contributed by atoms with Crippen LogP contribution in [-0.4, -0.2) is 27.1 Å². The lowest BCUT2D eigenvalue weighted by atomic mass is 9.95. The van der Waals surface area contributed by atoms with Crippen molar-refractivity contribution >= 4 is 11.8 Å². The Balaban J connectivity index is 1.76. The van der Waals surface area contributed by atoms with Crippen molar-refractivity contribution in [1.29, 1.82) is 0 Å². The lowest BCUT2D eigenvalue weighted by Gasteiger charge is -2.28. The Morgan fingerprint density at radius 3 is 2.82 bits per heavy atom. The molecule has 1 N–H and O–H groups in total. The van der Waals surface area contributed by atoms with Gasteiger partial charge in [-0.05, 0) is 38.9 Å². The number of aryl methyl sites for hydroxylation is 1. The molecule has 0 atom stereocenters. The lowest BCUT2D eigenvalue weighted by Crippen LogP contribution is -2.33. The Morgan fingerprint density at radius 2 is 2.18 bits per heavy atom. The van der Waals surface area contributed by atoms with Gasteiger partial charge in [-0.3, -0.25) is 0 Å². The van der Waals surface area contributed by atoms with E-state index in [1.54, 1.807) is 0 Å². The van der Waals surface area contributed by atoms with Crippen LogP contribution in [0.2, 0.25) is 0 Å². The van der Waals surface area contributed by atoms with Crippen LogP contribution in [0.1, 0.15) is 38.3 Å². The third-order valence-corrected chi connectivity index (χ3v) is 4.86. The SMILES string of the molecule is CCn1cncc1CNC1CCC(SC)CC1. The summed E-state index contributed by atoms with van der Waals surface area (Å²) >= 11 is 2.03. The maximum Gasteiger partial charge on any atom is 0.0948 e. The second kappa shape index (κ2) is 6.45. The number of nitrogens with one attached hydrogen (secondary N) is 1. The van der Waals surface area contributed by atoms with Gasteiger partial charge in [-0.2, -0.15) is 11.8 Å². The summed E-state index contributed by atoms with van der Waals surface area (Å²) in [5.74, 6) is 0. The number of hydrogen-bond donors (Lipinski definition) is 1. The number of hydrogen-bond acceptors (Lipinski definition) is 3. The predicted octanol–water partition coefficient (Wildman–Crippen LogP) is 2.67. The lowest BCUT2D eigenvalue weighted by molar-refractivity contribution is 0.375. The van der Waals surface area contributed by atoms with Crippen molar-refractivity contribution in [2.45, 2.75) is 57.0 Å². The Morgan fingerprint density at radius 1 is 1.41 bits per heavy atom. The van der Waals surface area contributed by atoms with Crippen molar-refractivity contribution in [3.05, 3.63) is 18.2 Å². The zero-order valence-electron chi connectivity index (χ0n) is 10.9. The van der Waals surface area contributed by atoms with Crippen LogP contribution in [0.4, 0.5) is 0 Å². The zero-order valence-corrected chi connectivity index (χ0v) is 11.7. The van der Waals surface area contributed by atoms with E-state index in [-0.39, 0.29) is 0 Å². The molecule has 1 aliphatic rings. The van der Waals surface area contributed by atoms with Crippen LogP contribution in [-0.2, 0) is 13.1 Å². The summed E-state index contributed by atoms with van der Waals surface area (Å²) in [6, 6.07) is 0.707. The Kier molecular flexibility index (Phi) is 4.92. The van der Waals surface area contributed by atoms with Crippen LogP contribution in [0.5, 0.6) is 0 Å². The average molecular weight is 253 g/mol. The molecule has 0 radical (unpaired) electrons. The molecular weight excluding hydrogens is 230 g/mol. The fourth-order valence-electron chi connectivity index (χ4n) is 2.53. The molecule has 0 unspecified atom stereocenters. The standard InChI is InChI=1S/C13H23N3S/c1-3-16-10-14-8-12(16)9-15-11-4-6-13(17-2)7-5-11/h8,10-11,13,15H,3-7,9H2,1-2H3. The molecule has 1 saturated carbocycles. The van der Waals surface area contributed by atoms with Crippen molar-refractivity contribution in [2.24, 2.45) is 0 Å². The van der Waals surface area contributed by atoms with E-state index in [9.17, 15) is 0 Å². The van der Waals surface area contributed by atoms with E-state index in [1.807, 2.05) is 24.3 Å². The molecule has 17 heavy (non-hydrogen) atoms. The first-order chi connectivity index (χ1) is 8.33. The summed E-state index contributed by atoms with van der Waals surface area (Å²) in [5, 5.41) is 4.57. The van der Waals surface area contributed by atoms with Crippen LogP contribution >= 0.6 is 11.8 Å². The highest BCUT2D eigenvalue weighted by Gasteiger charge is 2.19. The van der Waals surface area contributed by atoms with Crippen molar-refractivity contribution in [1.82, 2.24) is 14.9 Å². The first-order valence-corrected chi connectivity index (χ1v) is 7.87.